The van der Waals surface area contributed by atoms with Crippen LogP contribution in [0, 0.1) is 5.82 Å². The number of hydrogen-bond acceptors (Lipinski definition) is 4. The molecule has 118 valence electrons. The molecule has 0 aliphatic carbocycles. The maximum Gasteiger partial charge on any atom is 0.223 e. The van der Waals surface area contributed by atoms with E-state index in [1.165, 1.54) is 12.1 Å². The van der Waals surface area contributed by atoms with Gasteiger partial charge in [0.05, 0.1) is 17.0 Å². The lowest BCUT2D eigenvalue weighted by Crippen LogP contribution is -2.08. The number of rotatable bonds is 4. The molecule has 0 saturated heterocycles. The van der Waals surface area contributed by atoms with Gasteiger partial charge < -0.3 is 5.32 Å². The normalized spacial score (nSPS) is 9.95. The molecule has 0 aliphatic rings. The minimum Gasteiger partial charge on any atom is -0.357 e. The average molecular weight is 303 g/mol. The van der Waals surface area contributed by atoms with E-state index in [2.05, 4.69) is 15.3 Å². The maximum absolute atomic E-state index is 13.0. The summed E-state index contributed by atoms with van der Waals surface area (Å²) in [6.07, 6.45) is 0.757. The first kappa shape index (κ1) is 17.8. The van der Waals surface area contributed by atoms with Gasteiger partial charge in [0.25, 0.3) is 0 Å². The Morgan fingerprint density at radius 2 is 1.73 bits per heavy atom. The van der Waals surface area contributed by atoms with Gasteiger partial charge in [-0.15, -0.1) is 0 Å². The topological polar surface area (TPSA) is 54.9 Å². The monoisotopic (exact) mass is 303 g/mol. The van der Waals surface area contributed by atoms with Crippen LogP contribution < -0.4 is 5.32 Å². The zero-order valence-corrected chi connectivity index (χ0v) is 13.6. The van der Waals surface area contributed by atoms with E-state index in [4.69, 9.17) is 0 Å². The van der Waals surface area contributed by atoms with Crippen LogP contribution in [0.2, 0.25) is 0 Å². The fraction of sp³-hybridized carbons (Fsp3) is 0.353. The van der Waals surface area contributed by atoms with Crippen molar-refractivity contribution in [1.29, 1.82) is 0 Å². The third kappa shape index (κ3) is 3.87. The summed E-state index contributed by atoms with van der Waals surface area (Å²) >= 11 is 0. The molecule has 0 fully saturated rings. The van der Waals surface area contributed by atoms with Crippen LogP contribution in [0.4, 0.5) is 10.3 Å². The zero-order chi connectivity index (χ0) is 16.7. The number of anilines is 1. The first-order chi connectivity index (χ1) is 10.6. The number of nitrogens with zero attached hydrogens (tertiary/aromatic N) is 2. The summed E-state index contributed by atoms with van der Waals surface area (Å²) in [5.41, 5.74) is 2.33. The van der Waals surface area contributed by atoms with Crippen molar-refractivity contribution in [2.24, 2.45) is 0 Å². The predicted molar refractivity (Wildman–Crippen MR) is 87.8 cm³/mol. The van der Waals surface area contributed by atoms with E-state index in [9.17, 15) is 9.18 Å². The summed E-state index contributed by atoms with van der Waals surface area (Å²) in [5, 5.41) is 2.88. The van der Waals surface area contributed by atoms with Crippen LogP contribution in [-0.2, 0) is 0 Å². The maximum atomic E-state index is 13.0. The summed E-state index contributed by atoms with van der Waals surface area (Å²) in [6.45, 7) is 7.92. The van der Waals surface area contributed by atoms with E-state index in [0.717, 1.165) is 6.29 Å². The molecule has 2 rings (SSSR count). The number of carbonyl (C=O) groups excluding carboxylic acids is 1. The molecule has 0 spiro atoms. The Labute approximate surface area is 130 Å². The summed E-state index contributed by atoms with van der Waals surface area (Å²) in [5.74, 6) is 0.205. The molecule has 0 atom stereocenters. The van der Waals surface area contributed by atoms with Crippen molar-refractivity contribution in [2.45, 2.75) is 33.6 Å². The molecule has 0 unspecified atom stereocenters. The molecule has 1 heterocycles. The largest absolute Gasteiger partial charge is 0.357 e. The number of nitrogens with one attached hydrogen (secondary N) is 1. The fourth-order valence-corrected chi connectivity index (χ4v) is 1.98. The minimum absolute atomic E-state index is 0.0875. The smallest absolute Gasteiger partial charge is 0.223 e. The Morgan fingerprint density at radius 1 is 1.14 bits per heavy atom. The van der Waals surface area contributed by atoms with Gasteiger partial charge in [-0.25, -0.2) is 14.4 Å². The number of hydrogen-bond donors (Lipinski definition) is 1. The van der Waals surface area contributed by atoms with Gasteiger partial charge in [-0.1, -0.05) is 27.7 Å². The molecule has 0 amide bonds. The second-order valence-corrected chi connectivity index (χ2v) is 4.72. The Balaban J connectivity index is 0.00000116. The van der Waals surface area contributed by atoms with Gasteiger partial charge in [-0.05, 0) is 30.2 Å². The third-order valence-corrected chi connectivity index (χ3v) is 2.98. The predicted octanol–water partition coefficient (Wildman–Crippen LogP) is 4.29. The van der Waals surface area contributed by atoms with Crippen molar-refractivity contribution in [3.05, 3.63) is 41.3 Å². The first-order valence-corrected chi connectivity index (χ1v) is 7.37. The molecule has 0 radical (unpaired) electrons. The lowest BCUT2D eigenvalue weighted by molar-refractivity contribution is 0.112. The Kier molecular flexibility index (Phi) is 6.63. The fourth-order valence-electron chi connectivity index (χ4n) is 1.98. The molecule has 22 heavy (non-hydrogen) atoms. The van der Waals surface area contributed by atoms with Gasteiger partial charge in [-0.3, -0.25) is 4.79 Å². The molecule has 1 aromatic carbocycles. The van der Waals surface area contributed by atoms with Crippen LogP contribution in [0.15, 0.2) is 24.3 Å². The van der Waals surface area contributed by atoms with Crippen molar-refractivity contribution in [1.82, 2.24) is 9.97 Å². The highest BCUT2D eigenvalue weighted by molar-refractivity contribution is 5.87. The zero-order valence-electron chi connectivity index (χ0n) is 13.6. The lowest BCUT2D eigenvalue weighted by Gasteiger charge is -2.14. The van der Waals surface area contributed by atoms with E-state index in [1.54, 1.807) is 19.2 Å². The highest BCUT2D eigenvalue weighted by Gasteiger charge is 2.17. The molecule has 4 nitrogen and oxygen atoms in total. The second kappa shape index (κ2) is 8.22. The van der Waals surface area contributed by atoms with E-state index in [1.807, 2.05) is 27.7 Å². The minimum atomic E-state index is -0.326. The third-order valence-electron chi connectivity index (χ3n) is 2.98. The standard InChI is InChI=1S/C15H16FN3O.C2H6/c1-9(2)13-12(8-20)14(19-15(17-3)18-13)10-4-6-11(16)7-5-10;1-2/h4-9H,1-3H3,(H,17,18,19);1-2H3. The molecular formula is C17H22FN3O. The summed E-state index contributed by atoms with van der Waals surface area (Å²) in [4.78, 5) is 20.1. The highest BCUT2D eigenvalue weighted by atomic mass is 19.1. The van der Waals surface area contributed by atoms with Crippen LogP contribution in [0.5, 0.6) is 0 Å². The van der Waals surface area contributed by atoms with Crippen LogP contribution in [0.1, 0.15) is 49.7 Å². The Bertz CT molecular complexity index is 625. The molecule has 5 heteroatoms. The number of aldehydes is 1. The van der Waals surface area contributed by atoms with Crippen molar-refractivity contribution in [3.63, 3.8) is 0 Å². The Morgan fingerprint density at radius 3 is 2.18 bits per heavy atom. The number of halogens is 1. The van der Waals surface area contributed by atoms with Gasteiger partial charge >= 0.3 is 0 Å². The van der Waals surface area contributed by atoms with Crippen molar-refractivity contribution in [3.8, 4) is 11.3 Å². The van der Waals surface area contributed by atoms with E-state index in [-0.39, 0.29) is 11.7 Å². The van der Waals surface area contributed by atoms with E-state index < -0.39 is 0 Å². The number of benzene rings is 1. The molecule has 0 bridgehead atoms. The van der Waals surface area contributed by atoms with Gasteiger partial charge in [0.1, 0.15) is 5.82 Å². The molecule has 1 aromatic heterocycles. The van der Waals surface area contributed by atoms with Crippen molar-refractivity contribution in [2.75, 3.05) is 12.4 Å². The molecule has 2 aromatic rings. The average Bonchev–Trinajstić information content (AvgIpc) is 2.56. The van der Waals surface area contributed by atoms with E-state index >= 15 is 0 Å². The molecule has 0 saturated carbocycles. The van der Waals surface area contributed by atoms with Crippen molar-refractivity contribution < 1.29 is 9.18 Å². The van der Waals surface area contributed by atoms with Gasteiger partial charge in [0.15, 0.2) is 6.29 Å². The van der Waals surface area contributed by atoms with Crippen molar-refractivity contribution >= 4 is 12.2 Å². The Hall–Kier alpha value is -2.30. The van der Waals surface area contributed by atoms with Crippen LogP contribution in [-0.4, -0.2) is 23.3 Å². The SMILES string of the molecule is CC.CNc1nc(-c2ccc(F)cc2)c(C=O)c(C(C)C)n1. The molecular weight excluding hydrogens is 281 g/mol. The lowest BCUT2D eigenvalue weighted by atomic mass is 9.99. The quantitative estimate of drug-likeness (QED) is 0.856. The molecule has 1 N–H and O–H groups in total. The number of aromatic nitrogens is 2. The van der Waals surface area contributed by atoms with E-state index in [0.29, 0.717) is 28.5 Å². The van der Waals surface area contributed by atoms with Gasteiger partial charge in [0, 0.05) is 12.6 Å². The highest BCUT2D eigenvalue weighted by Crippen LogP contribution is 2.27. The van der Waals surface area contributed by atoms with Gasteiger partial charge in [-0.2, -0.15) is 0 Å². The van der Waals surface area contributed by atoms with Gasteiger partial charge in [0.2, 0.25) is 5.95 Å². The van der Waals surface area contributed by atoms with Crippen LogP contribution in [0.25, 0.3) is 11.3 Å². The summed E-state index contributed by atoms with van der Waals surface area (Å²) in [7, 11) is 1.72. The summed E-state index contributed by atoms with van der Waals surface area (Å²) in [6, 6.07) is 5.91. The van der Waals surface area contributed by atoms with Crippen LogP contribution in [0.3, 0.4) is 0 Å². The summed E-state index contributed by atoms with van der Waals surface area (Å²) < 4.78 is 13.0. The number of carbonyl (C=O) groups is 1. The second-order valence-electron chi connectivity index (χ2n) is 4.72. The van der Waals surface area contributed by atoms with Crippen LogP contribution >= 0.6 is 0 Å². The molecule has 0 aliphatic heterocycles. The first-order valence-electron chi connectivity index (χ1n) is 7.37.